The number of non-ortho nitro benzene ring substituents is 2. The number of esters is 2. The van der Waals surface area contributed by atoms with E-state index in [0.717, 1.165) is 12.1 Å². The number of nitrogens with zero attached hydrogens (tertiary/aromatic N) is 2. The van der Waals surface area contributed by atoms with Crippen molar-refractivity contribution >= 4 is 23.3 Å². The maximum Gasteiger partial charge on any atom is 0.343 e. The Hall–Kier alpha value is -4.60. The summed E-state index contributed by atoms with van der Waals surface area (Å²) in [6.07, 6.45) is 0. The van der Waals surface area contributed by atoms with Gasteiger partial charge in [-0.3, -0.25) is 20.2 Å². The topological polar surface area (TPSA) is 139 Å². The lowest BCUT2D eigenvalue weighted by Crippen LogP contribution is -2.10. The molecule has 0 saturated heterocycles. The van der Waals surface area contributed by atoms with Crippen molar-refractivity contribution in [2.75, 3.05) is 0 Å². The third-order valence-electron chi connectivity index (χ3n) is 3.81. The second kappa shape index (κ2) is 8.61. The quantitative estimate of drug-likeness (QED) is 0.259. The highest BCUT2D eigenvalue weighted by atomic mass is 16.6. The number of carbonyl (C=O) groups is 2. The van der Waals surface area contributed by atoms with Gasteiger partial charge in [-0.05, 0) is 24.3 Å². The van der Waals surface area contributed by atoms with Crippen LogP contribution in [0.3, 0.4) is 0 Å². The molecule has 0 unspecified atom stereocenters. The minimum Gasteiger partial charge on any atom is -0.423 e. The number of rotatable bonds is 6. The van der Waals surface area contributed by atoms with Crippen LogP contribution in [-0.4, -0.2) is 21.8 Å². The minimum absolute atomic E-state index is 0.0248. The van der Waals surface area contributed by atoms with Gasteiger partial charge in [0.25, 0.3) is 11.4 Å². The van der Waals surface area contributed by atoms with Gasteiger partial charge in [0.15, 0.2) is 0 Å². The van der Waals surface area contributed by atoms with Crippen molar-refractivity contribution in [3.63, 3.8) is 0 Å². The second-order valence-electron chi connectivity index (χ2n) is 5.87. The van der Waals surface area contributed by atoms with Gasteiger partial charge in [0.1, 0.15) is 11.5 Å². The number of ether oxygens (including phenoxy) is 2. The van der Waals surface area contributed by atoms with Crippen LogP contribution in [0.25, 0.3) is 0 Å². The monoisotopic (exact) mass is 408 g/mol. The Balaban J connectivity index is 1.73. The van der Waals surface area contributed by atoms with Crippen LogP contribution in [-0.2, 0) is 0 Å². The molecule has 3 aromatic rings. The molecule has 0 spiro atoms. The molecule has 0 aromatic heterocycles. The molecule has 10 heteroatoms. The summed E-state index contributed by atoms with van der Waals surface area (Å²) in [5, 5.41) is 21.6. The molecule has 10 nitrogen and oxygen atoms in total. The Bertz CT molecular complexity index is 1070. The van der Waals surface area contributed by atoms with E-state index in [1.165, 1.54) is 60.7 Å². The molecule has 0 heterocycles. The van der Waals surface area contributed by atoms with Crippen LogP contribution in [0, 0.1) is 20.2 Å². The predicted octanol–water partition coefficient (Wildman–Crippen LogP) is 3.94. The second-order valence-corrected chi connectivity index (χ2v) is 5.87. The van der Waals surface area contributed by atoms with Crippen LogP contribution in [0.5, 0.6) is 11.5 Å². The maximum absolute atomic E-state index is 12.2. The van der Waals surface area contributed by atoms with E-state index < -0.39 is 21.8 Å². The fourth-order valence-corrected chi connectivity index (χ4v) is 2.43. The van der Waals surface area contributed by atoms with E-state index in [2.05, 4.69) is 0 Å². The Labute approximate surface area is 168 Å². The molecule has 150 valence electrons. The third-order valence-corrected chi connectivity index (χ3v) is 3.81. The number of hydrogen-bond acceptors (Lipinski definition) is 8. The van der Waals surface area contributed by atoms with Crippen LogP contribution in [0.2, 0.25) is 0 Å². The molecule has 0 N–H and O–H groups in total. The lowest BCUT2D eigenvalue weighted by atomic mass is 10.2. The molecule has 0 aliphatic carbocycles. The van der Waals surface area contributed by atoms with Crippen molar-refractivity contribution in [1.82, 2.24) is 0 Å². The molecular formula is C20H12N2O8. The Morgan fingerprint density at radius 1 is 0.633 bits per heavy atom. The summed E-state index contributed by atoms with van der Waals surface area (Å²) >= 11 is 0. The Morgan fingerprint density at radius 2 is 1.03 bits per heavy atom. The number of benzene rings is 3. The van der Waals surface area contributed by atoms with E-state index >= 15 is 0 Å². The van der Waals surface area contributed by atoms with Crippen LogP contribution in [0.4, 0.5) is 11.4 Å². The summed E-state index contributed by atoms with van der Waals surface area (Å²) in [5.41, 5.74) is -0.570. The van der Waals surface area contributed by atoms with Crippen LogP contribution in [0.15, 0.2) is 72.8 Å². The molecule has 0 radical (unpaired) electrons. The molecule has 30 heavy (non-hydrogen) atoms. The van der Waals surface area contributed by atoms with Crippen LogP contribution in [0.1, 0.15) is 20.7 Å². The summed E-state index contributed by atoms with van der Waals surface area (Å²) in [6.45, 7) is 0. The standard InChI is InChI=1S/C20H12N2O8/c23-19(13-4-1-6-15(10-13)21(25)26)29-17-8-3-9-18(12-17)30-20(24)14-5-2-7-16(11-14)22(27)28/h1-12H. The highest BCUT2D eigenvalue weighted by Gasteiger charge is 2.16. The number of hydrogen-bond donors (Lipinski definition) is 0. The SMILES string of the molecule is O=C(Oc1cccc(OC(=O)c2cccc([N+](=O)[O-])c2)c1)c1cccc([N+](=O)[O-])c1. The van der Waals surface area contributed by atoms with Crippen molar-refractivity contribution in [1.29, 1.82) is 0 Å². The van der Waals surface area contributed by atoms with E-state index in [-0.39, 0.29) is 34.0 Å². The molecule has 0 saturated carbocycles. The lowest BCUT2D eigenvalue weighted by Gasteiger charge is -2.08. The zero-order chi connectivity index (χ0) is 21.7. The van der Waals surface area contributed by atoms with Gasteiger partial charge in [0.2, 0.25) is 0 Å². The zero-order valence-electron chi connectivity index (χ0n) is 15.1. The van der Waals surface area contributed by atoms with Crippen molar-refractivity contribution in [2.24, 2.45) is 0 Å². The summed E-state index contributed by atoms with van der Waals surface area (Å²) in [6, 6.07) is 15.7. The Kier molecular flexibility index (Phi) is 5.78. The smallest absolute Gasteiger partial charge is 0.343 e. The third kappa shape index (κ3) is 4.81. The van der Waals surface area contributed by atoms with E-state index in [1.807, 2.05) is 0 Å². The first-order valence-electron chi connectivity index (χ1n) is 8.37. The fourth-order valence-electron chi connectivity index (χ4n) is 2.43. The molecule has 0 fully saturated rings. The van der Waals surface area contributed by atoms with Crippen molar-refractivity contribution in [3.05, 3.63) is 104 Å². The average Bonchev–Trinajstić information content (AvgIpc) is 2.74. The number of carbonyl (C=O) groups excluding carboxylic acids is 2. The fraction of sp³-hybridized carbons (Fsp3) is 0. The molecule has 3 aromatic carbocycles. The van der Waals surface area contributed by atoms with E-state index in [4.69, 9.17) is 9.47 Å². The summed E-state index contributed by atoms with van der Waals surface area (Å²) in [4.78, 5) is 44.8. The van der Waals surface area contributed by atoms with Crippen LogP contribution < -0.4 is 9.47 Å². The van der Waals surface area contributed by atoms with Gasteiger partial charge in [-0.1, -0.05) is 18.2 Å². The van der Waals surface area contributed by atoms with Gasteiger partial charge in [-0.25, -0.2) is 9.59 Å². The first-order valence-corrected chi connectivity index (χ1v) is 8.37. The maximum atomic E-state index is 12.2. The van der Waals surface area contributed by atoms with Gasteiger partial charge in [-0.15, -0.1) is 0 Å². The van der Waals surface area contributed by atoms with Gasteiger partial charge in [0.05, 0.1) is 21.0 Å². The highest BCUT2D eigenvalue weighted by molar-refractivity contribution is 5.92. The molecule has 0 amide bonds. The first kappa shape index (κ1) is 20.1. The van der Waals surface area contributed by atoms with Gasteiger partial charge in [0, 0.05) is 30.3 Å². The normalized spacial score (nSPS) is 10.1. The van der Waals surface area contributed by atoms with Crippen molar-refractivity contribution < 1.29 is 28.9 Å². The molecule has 3 rings (SSSR count). The molecule has 0 aliphatic heterocycles. The summed E-state index contributed by atoms with van der Waals surface area (Å²) < 4.78 is 10.3. The van der Waals surface area contributed by atoms with Gasteiger partial charge < -0.3 is 9.47 Å². The predicted molar refractivity (Wildman–Crippen MR) is 103 cm³/mol. The molecule has 0 atom stereocenters. The Morgan fingerprint density at radius 3 is 1.43 bits per heavy atom. The van der Waals surface area contributed by atoms with E-state index in [1.54, 1.807) is 0 Å². The average molecular weight is 408 g/mol. The van der Waals surface area contributed by atoms with Crippen molar-refractivity contribution in [2.45, 2.75) is 0 Å². The summed E-state index contributed by atoms with van der Waals surface area (Å²) in [7, 11) is 0. The van der Waals surface area contributed by atoms with Crippen LogP contribution >= 0.6 is 0 Å². The zero-order valence-corrected chi connectivity index (χ0v) is 15.1. The molecule has 0 bridgehead atoms. The minimum atomic E-state index is -0.833. The van der Waals surface area contributed by atoms with Gasteiger partial charge >= 0.3 is 11.9 Å². The first-order chi connectivity index (χ1) is 14.3. The lowest BCUT2D eigenvalue weighted by molar-refractivity contribution is -0.385. The van der Waals surface area contributed by atoms with Crippen molar-refractivity contribution in [3.8, 4) is 11.5 Å². The molecular weight excluding hydrogens is 396 g/mol. The highest BCUT2D eigenvalue weighted by Crippen LogP contribution is 2.23. The number of nitro groups is 2. The summed E-state index contributed by atoms with van der Waals surface area (Å²) in [5.74, 6) is -1.59. The van der Waals surface area contributed by atoms with E-state index in [9.17, 15) is 29.8 Å². The molecule has 0 aliphatic rings. The van der Waals surface area contributed by atoms with Gasteiger partial charge in [-0.2, -0.15) is 0 Å². The largest absolute Gasteiger partial charge is 0.423 e. The number of nitro benzene ring substituents is 2. The van der Waals surface area contributed by atoms with E-state index in [0.29, 0.717) is 0 Å².